The molecule has 208 valence electrons. The van der Waals surface area contributed by atoms with Crippen LogP contribution in [0.1, 0.15) is 76.0 Å². The maximum absolute atomic E-state index is 13.7. The predicted molar refractivity (Wildman–Crippen MR) is 160 cm³/mol. The van der Waals surface area contributed by atoms with Crippen LogP contribution in [0, 0.1) is 10.1 Å². The summed E-state index contributed by atoms with van der Waals surface area (Å²) in [4.78, 5) is 41.4. The number of hydrogen-bond donors (Lipinski definition) is 0. The number of non-ortho nitro benzene ring substituents is 1. The van der Waals surface area contributed by atoms with Gasteiger partial charge in [-0.25, -0.2) is 0 Å². The van der Waals surface area contributed by atoms with Crippen LogP contribution in [0.25, 0.3) is 6.08 Å². The van der Waals surface area contributed by atoms with Crippen molar-refractivity contribution in [2.45, 2.75) is 70.9 Å². The van der Waals surface area contributed by atoms with Gasteiger partial charge in [0, 0.05) is 42.0 Å². The number of para-hydroxylation sites is 2. The van der Waals surface area contributed by atoms with E-state index in [-0.39, 0.29) is 29.6 Å². The van der Waals surface area contributed by atoms with Gasteiger partial charge in [0.2, 0.25) is 5.91 Å². The Balaban J connectivity index is 1.60. The van der Waals surface area contributed by atoms with Crippen molar-refractivity contribution in [3.8, 4) is 0 Å². The number of nitrogens with zero attached hydrogens (tertiary/aromatic N) is 3. The summed E-state index contributed by atoms with van der Waals surface area (Å²) in [5, 5.41) is 10.9. The van der Waals surface area contributed by atoms with Crippen LogP contribution in [0.4, 0.5) is 17.1 Å². The Hall–Kier alpha value is -4.26. The molecule has 2 amide bonds. The van der Waals surface area contributed by atoms with E-state index in [2.05, 4.69) is 6.92 Å². The fraction of sp³-hybridized carbons (Fsp3) is 0.333. The molecule has 1 aliphatic rings. The smallest absolute Gasteiger partial charge is 0.269 e. The molecule has 3 aromatic carbocycles. The minimum absolute atomic E-state index is 0.00609. The zero-order valence-electron chi connectivity index (χ0n) is 23.2. The summed E-state index contributed by atoms with van der Waals surface area (Å²) in [7, 11) is 0. The fourth-order valence-corrected chi connectivity index (χ4v) is 5.40. The lowest BCUT2D eigenvalue weighted by atomic mass is 9.89. The third-order valence-corrected chi connectivity index (χ3v) is 7.43. The quantitative estimate of drug-likeness (QED) is 0.107. The van der Waals surface area contributed by atoms with Gasteiger partial charge in [-0.1, -0.05) is 69.0 Å². The highest BCUT2D eigenvalue weighted by Gasteiger charge is 2.37. The van der Waals surface area contributed by atoms with E-state index in [4.69, 9.17) is 0 Å². The molecule has 0 spiro atoms. The lowest BCUT2D eigenvalue weighted by Crippen LogP contribution is -2.47. The second-order valence-corrected chi connectivity index (χ2v) is 10.3. The minimum atomic E-state index is -0.447. The maximum Gasteiger partial charge on any atom is 0.269 e. The zero-order valence-corrected chi connectivity index (χ0v) is 23.2. The van der Waals surface area contributed by atoms with Crippen LogP contribution in [0.5, 0.6) is 0 Å². The summed E-state index contributed by atoms with van der Waals surface area (Å²) in [6, 6.07) is 23.4. The number of carbonyl (C=O) groups is 2. The Morgan fingerprint density at radius 1 is 0.950 bits per heavy atom. The van der Waals surface area contributed by atoms with Gasteiger partial charge in [0.1, 0.15) is 0 Å². The first-order chi connectivity index (χ1) is 19.4. The number of hydrogen-bond acceptors (Lipinski definition) is 4. The van der Waals surface area contributed by atoms with Crippen molar-refractivity contribution in [1.82, 2.24) is 0 Å². The van der Waals surface area contributed by atoms with Crippen LogP contribution in [0.15, 0.2) is 84.9 Å². The molecule has 0 N–H and O–H groups in total. The molecule has 1 aliphatic heterocycles. The molecule has 0 aromatic heterocycles. The minimum Gasteiger partial charge on any atom is -0.306 e. The van der Waals surface area contributed by atoms with Gasteiger partial charge < -0.3 is 9.80 Å². The SMILES string of the molecule is CCCCCCCC(=O)N(c1ccccc1)[C@H]1C[C@H](C)N(C(=O)/C=C/c2ccc([N+](=O)[O-])cc2)c2ccccc21. The van der Waals surface area contributed by atoms with Gasteiger partial charge in [-0.05, 0) is 67.3 Å². The number of carbonyl (C=O) groups excluding carboxylic acids is 2. The molecule has 7 heteroatoms. The summed E-state index contributed by atoms with van der Waals surface area (Å²) in [5.41, 5.74) is 3.31. The van der Waals surface area contributed by atoms with Crippen LogP contribution in [0.2, 0.25) is 0 Å². The second-order valence-electron chi connectivity index (χ2n) is 10.3. The summed E-state index contributed by atoms with van der Waals surface area (Å²) < 4.78 is 0. The van der Waals surface area contributed by atoms with E-state index in [1.54, 1.807) is 23.1 Å². The number of anilines is 2. The summed E-state index contributed by atoms with van der Waals surface area (Å²) in [6.07, 6.45) is 9.68. The van der Waals surface area contributed by atoms with Crippen molar-refractivity contribution in [3.05, 3.63) is 106 Å². The normalized spacial score (nSPS) is 16.5. The van der Waals surface area contributed by atoms with E-state index in [0.29, 0.717) is 18.4 Å². The fourth-order valence-electron chi connectivity index (χ4n) is 5.40. The van der Waals surface area contributed by atoms with Gasteiger partial charge in [0.15, 0.2) is 0 Å². The molecule has 0 saturated carbocycles. The van der Waals surface area contributed by atoms with E-state index in [1.165, 1.54) is 31.1 Å². The topological polar surface area (TPSA) is 83.8 Å². The number of nitro benzene ring substituents is 1. The van der Waals surface area contributed by atoms with Crippen molar-refractivity contribution in [2.75, 3.05) is 9.80 Å². The van der Waals surface area contributed by atoms with E-state index in [9.17, 15) is 19.7 Å². The third kappa shape index (κ3) is 6.84. The summed E-state index contributed by atoms with van der Waals surface area (Å²) in [6.45, 7) is 4.20. The lowest BCUT2D eigenvalue weighted by molar-refractivity contribution is -0.384. The van der Waals surface area contributed by atoms with Crippen molar-refractivity contribution in [2.24, 2.45) is 0 Å². The highest BCUT2D eigenvalue weighted by Crippen LogP contribution is 2.42. The van der Waals surface area contributed by atoms with Crippen molar-refractivity contribution in [1.29, 1.82) is 0 Å². The number of nitro groups is 1. The zero-order chi connectivity index (χ0) is 28.5. The highest BCUT2D eigenvalue weighted by molar-refractivity contribution is 6.05. The first-order valence-electron chi connectivity index (χ1n) is 14.1. The summed E-state index contributed by atoms with van der Waals surface area (Å²) in [5.74, 6) is -0.0715. The van der Waals surface area contributed by atoms with Gasteiger partial charge in [0.05, 0.1) is 11.0 Å². The molecule has 7 nitrogen and oxygen atoms in total. The van der Waals surface area contributed by atoms with E-state index >= 15 is 0 Å². The molecule has 40 heavy (non-hydrogen) atoms. The third-order valence-electron chi connectivity index (χ3n) is 7.43. The molecule has 0 bridgehead atoms. The monoisotopic (exact) mass is 539 g/mol. The Labute approximate surface area is 236 Å². The van der Waals surface area contributed by atoms with Crippen molar-refractivity contribution >= 4 is 35.0 Å². The van der Waals surface area contributed by atoms with Gasteiger partial charge in [-0.2, -0.15) is 0 Å². The molecule has 3 aromatic rings. The molecule has 0 fully saturated rings. The number of benzene rings is 3. The number of amides is 2. The van der Waals surface area contributed by atoms with Crippen LogP contribution in [-0.2, 0) is 9.59 Å². The molecule has 0 radical (unpaired) electrons. The van der Waals surface area contributed by atoms with Crippen molar-refractivity contribution < 1.29 is 14.5 Å². The van der Waals surface area contributed by atoms with Crippen LogP contribution in [-0.4, -0.2) is 22.8 Å². The molecule has 4 rings (SSSR count). The van der Waals surface area contributed by atoms with Gasteiger partial charge >= 0.3 is 0 Å². The number of fused-ring (bicyclic) bond motifs is 1. The van der Waals surface area contributed by atoms with Gasteiger partial charge in [-0.15, -0.1) is 0 Å². The van der Waals surface area contributed by atoms with Crippen LogP contribution >= 0.6 is 0 Å². The molecule has 0 saturated heterocycles. The van der Waals surface area contributed by atoms with Gasteiger partial charge in [-0.3, -0.25) is 19.7 Å². The maximum atomic E-state index is 13.7. The largest absolute Gasteiger partial charge is 0.306 e. The molecular formula is C33H37N3O4. The standard InChI is InChI=1S/C33H37N3O4/c1-3-4-5-6-10-17-32(37)35(27-13-8-7-9-14-27)31-24-25(2)34(30-16-12-11-15-29(30)31)33(38)23-20-26-18-21-28(22-19-26)36(39)40/h7-9,11-16,18-23,25,31H,3-6,10,17,24H2,1-2H3/b23-20+/t25-,31-/m0/s1. The molecule has 2 atom stereocenters. The van der Waals surface area contributed by atoms with E-state index < -0.39 is 4.92 Å². The Morgan fingerprint density at radius 2 is 1.62 bits per heavy atom. The van der Waals surface area contributed by atoms with E-state index in [1.807, 2.05) is 66.4 Å². The number of rotatable bonds is 11. The van der Waals surface area contributed by atoms with Gasteiger partial charge in [0.25, 0.3) is 11.6 Å². The Kier molecular flexibility index (Phi) is 9.84. The average Bonchev–Trinajstić information content (AvgIpc) is 2.97. The molecule has 0 aliphatic carbocycles. The van der Waals surface area contributed by atoms with Crippen molar-refractivity contribution in [3.63, 3.8) is 0 Å². The van der Waals surface area contributed by atoms with Crippen LogP contribution in [0.3, 0.4) is 0 Å². The first kappa shape index (κ1) is 28.7. The molecular weight excluding hydrogens is 502 g/mol. The first-order valence-corrected chi connectivity index (χ1v) is 14.1. The predicted octanol–water partition coefficient (Wildman–Crippen LogP) is 7.87. The van der Waals surface area contributed by atoms with Crippen LogP contribution < -0.4 is 9.80 Å². The lowest BCUT2D eigenvalue weighted by Gasteiger charge is -2.43. The molecule has 1 heterocycles. The second kappa shape index (κ2) is 13.7. The number of unbranched alkanes of at least 4 members (excludes halogenated alkanes) is 4. The van der Waals surface area contributed by atoms with E-state index in [0.717, 1.165) is 36.2 Å². The average molecular weight is 540 g/mol. The summed E-state index contributed by atoms with van der Waals surface area (Å²) >= 11 is 0. The Bertz CT molecular complexity index is 1340. The highest BCUT2D eigenvalue weighted by atomic mass is 16.6. The molecule has 0 unspecified atom stereocenters. The Morgan fingerprint density at radius 3 is 2.33 bits per heavy atom.